The van der Waals surface area contributed by atoms with E-state index in [-0.39, 0.29) is 0 Å². The van der Waals surface area contributed by atoms with Crippen molar-refractivity contribution in [2.45, 2.75) is 0 Å². The summed E-state index contributed by atoms with van der Waals surface area (Å²) in [6, 6.07) is 53.5. The molecule has 0 aliphatic rings. The number of thiophene rings is 1. The molecule has 2 nitrogen and oxygen atoms in total. The molecule has 43 heavy (non-hydrogen) atoms. The van der Waals surface area contributed by atoms with E-state index in [0.29, 0.717) is 0 Å². The van der Waals surface area contributed by atoms with Gasteiger partial charge in [-0.1, -0.05) is 152 Å². The first kappa shape index (κ1) is 25.9. The van der Waals surface area contributed by atoms with Gasteiger partial charge in [0.1, 0.15) is 0 Å². The van der Waals surface area contributed by atoms with E-state index in [9.17, 15) is 4.57 Å². The molecule has 204 valence electrons. The normalized spacial score (nSPS) is 11.8. The summed E-state index contributed by atoms with van der Waals surface area (Å²) in [4.78, 5) is 5.37. The predicted molar refractivity (Wildman–Crippen MR) is 185 cm³/mol. The van der Waals surface area contributed by atoms with Crippen molar-refractivity contribution >= 4 is 65.5 Å². The van der Waals surface area contributed by atoms with Crippen LogP contribution in [0.5, 0.6) is 0 Å². The third-order valence-electron chi connectivity index (χ3n) is 8.17. The smallest absolute Gasteiger partial charge is 0.171 e. The highest BCUT2D eigenvalue weighted by molar-refractivity contribution is 7.85. The molecule has 0 bridgehead atoms. The van der Waals surface area contributed by atoms with Crippen molar-refractivity contribution in [2.24, 2.45) is 0 Å². The number of fused-ring (bicyclic) bond motifs is 5. The molecule has 8 aromatic rings. The van der Waals surface area contributed by atoms with Crippen molar-refractivity contribution < 1.29 is 4.57 Å². The van der Waals surface area contributed by atoms with E-state index >= 15 is 0 Å². The minimum Gasteiger partial charge on any atom is -0.309 e. The number of aromatic nitrogens is 1. The second kappa shape index (κ2) is 10.5. The highest BCUT2D eigenvalue weighted by atomic mass is 32.1. The second-order valence-corrected chi connectivity index (χ2v) is 14.5. The van der Waals surface area contributed by atoms with Crippen LogP contribution in [0.2, 0.25) is 0 Å². The summed E-state index contributed by atoms with van der Waals surface area (Å²) in [6.45, 7) is 0. The Morgan fingerprint density at radius 3 is 1.72 bits per heavy atom. The Labute approximate surface area is 254 Å². The molecule has 8 rings (SSSR count). The molecule has 0 fully saturated rings. The van der Waals surface area contributed by atoms with Gasteiger partial charge in [0, 0.05) is 47.9 Å². The van der Waals surface area contributed by atoms with E-state index in [1.165, 1.54) is 20.2 Å². The minimum absolute atomic E-state index is 0.818. The summed E-state index contributed by atoms with van der Waals surface area (Å²) in [5, 5.41) is 6.14. The molecule has 0 N–H and O–H groups in total. The largest absolute Gasteiger partial charge is 0.309 e. The molecule has 6 aromatic carbocycles. The SMILES string of the molecule is O=P(c1ccccc1)(c1ccccc1)c1ccc(-c2cccc3c2nc(-c2ccccc2)c2sc4ccccc4c23)cc1. The Morgan fingerprint density at radius 2 is 1.05 bits per heavy atom. The number of nitrogens with zero attached hydrogens (tertiary/aromatic N) is 1. The van der Waals surface area contributed by atoms with E-state index in [0.717, 1.165) is 49.2 Å². The van der Waals surface area contributed by atoms with E-state index < -0.39 is 7.14 Å². The van der Waals surface area contributed by atoms with Crippen LogP contribution >= 0.6 is 18.5 Å². The van der Waals surface area contributed by atoms with Gasteiger partial charge < -0.3 is 4.57 Å². The van der Waals surface area contributed by atoms with Gasteiger partial charge in [-0.3, -0.25) is 0 Å². The summed E-state index contributed by atoms with van der Waals surface area (Å²) in [5.41, 5.74) is 5.20. The molecule has 0 radical (unpaired) electrons. The molecule has 0 aliphatic carbocycles. The summed E-state index contributed by atoms with van der Waals surface area (Å²) in [7, 11) is -3.05. The lowest BCUT2D eigenvalue weighted by Crippen LogP contribution is -2.24. The van der Waals surface area contributed by atoms with Gasteiger partial charge in [0.25, 0.3) is 0 Å². The summed E-state index contributed by atoms with van der Waals surface area (Å²) >= 11 is 1.81. The van der Waals surface area contributed by atoms with Crippen molar-refractivity contribution in [1.82, 2.24) is 4.98 Å². The van der Waals surface area contributed by atoms with Crippen LogP contribution < -0.4 is 15.9 Å². The van der Waals surface area contributed by atoms with Crippen LogP contribution in [0.15, 0.2) is 158 Å². The molecule has 0 aliphatic heterocycles. The van der Waals surface area contributed by atoms with Crippen molar-refractivity contribution in [2.75, 3.05) is 0 Å². The van der Waals surface area contributed by atoms with Gasteiger partial charge >= 0.3 is 0 Å². The molecule has 2 aromatic heterocycles. The van der Waals surface area contributed by atoms with Crippen LogP contribution in [-0.4, -0.2) is 4.98 Å². The third-order valence-corrected chi connectivity index (χ3v) is 12.4. The molecule has 2 heterocycles. The average molecular weight is 588 g/mol. The van der Waals surface area contributed by atoms with E-state index in [4.69, 9.17) is 4.98 Å². The van der Waals surface area contributed by atoms with Crippen LogP contribution in [-0.2, 0) is 4.57 Å². The number of pyridine rings is 1. The van der Waals surface area contributed by atoms with Crippen molar-refractivity contribution in [1.29, 1.82) is 0 Å². The van der Waals surface area contributed by atoms with E-state index in [2.05, 4.69) is 78.9 Å². The number of benzene rings is 6. The maximum Gasteiger partial charge on any atom is 0.171 e. The van der Waals surface area contributed by atoms with Crippen LogP contribution in [0.1, 0.15) is 0 Å². The van der Waals surface area contributed by atoms with Gasteiger partial charge in [0.05, 0.1) is 15.9 Å². The van der Waals surface area contributed by atoms with Gasteiger partial charge in [-0.05, 0) is 11.6 Å². The van der Waals surface area contributed by atoms with Crippen LogP contribution in [0.3, 0.4) is 0 Å². The fraction of sp³-hybridized carbons (Fsp3) is 0. The highest BCUT2D eigenvalue weighted by Crippen LogP contribution is 2.45. The van der Waals surface area contributed by atoms with Crippen molar-refractivity contribution in [3.63, 3.8) is 0 Å². The topological polar surface area (TPSA) is 30.0 Å². The van der Waals surface area contributed by atoms with E-state index in [1.54, 1.807) is 11.3 Å². The van der Waals surface area contributed by atoms with E-state index in [1.807, 2.05) is 78.9 Å². The number of hydrogen-bond acceptors (Lipinski definition) is 3. The van der Waals surface area contributed by atoms with Gasteiger partial charge in [0.2, 0.25) is 0 Å². The zero-order valence-corrected chi connectivity index (χ0v) is 24.9. The predicted octanol–water partition coefficient (Wildman–Crippen LogP) is 9.58. The van der Waals surface area contributed by atoms with Crippen molar-refractivity contribution in [3.8, 4) is 22.4 Å². The lowest BCUT2D eigenvalue weighted by atomic mass is 9.98. The average Bonchev–Trinajstić information content (AvgIpc) is 3.49. The second-order valence-electron chi connectivity index (χ2n) is 10.7. The number of hydrogen-bond donors (Lipinski definition) is 0. The first-order valence-corrected chi connectivity index (χ1v) is 16.9. The molecule has 0 atom stereocenters. The lowest BCUT2D eigenvalue weighted by molar-refractivity contribution is 0.592. The third kappa shape index (κ3) is 4.24. The van der Waals surface area contributed by atoms with Crippen LogP contribution in [0.25, 0.3) is 53.5 Å². The number of rotatable bonds is 5. The maximum atomic E-state index is 14.9. The fourth-order valence-corrected chi connectivity index (χ4v) is 9.98. The molecule has 0 spiro atoms. The summed E-state index contributed by atoms with van der Waals surface area (Å²) in [5.74, 6) is 0. The quantitative estimate of drug-likeness (QED) is 0.188. The maximum absolute atomic E-state index is 14.9. The lowest BCUT2D eigenvalue weighted by Gasteiger charge is -2.20. The molecule has 0 saturated carbocycles. The molecule has 4 heteroatoms. The molecule has 0 saturated heterocycles. The summed E-state index contributed by atoms with van der Waals surface area (Å²) < 4.78 is 17.4. The van der Waals surface area contributed by atoms with Crippen LogP contribution in [0.4, 0.5) is 0 Å². The first-order chi connectivity index (χ1) is 21.2. The minimum atomic E-state index is -3.05. The van der Waals surface area contributed by atoms with Gasteiger partial charge in [-0.2, -0.15) is 0 Å². The Balaban J connectivity index is 1.35. The zero-order valence-electron chi connectivity index (χ0n) is 23.2. The molecule has 0 unspecified atom stereocenters. The monoisotopic (exact) mass is 587 g/mol. The standard InChI is InChI=1S/C39H26NOPS/c41-42(29-15-6-2-7-16-29,30-17-8-3-9-18-30)31-25-23-27(24-26-31)32-20-12-21-34-36-33-19-10-11-22-35(33)43-39(36)37(40-38(32)34)28-13-4-1-5-14-28/h1-26H. The first-order valence-electron chi connectivity index (χ1n) is 14.3. The van der Waals surface area contributed by atoms with Crippen molar-refractivity contribution in [3.05, 3.63) is 158 Å². The van der Waals surface area contributed by atoms with Gasteiger partial charge in [-0.25, -0.2) is 4.98 Å². The molecular weight excluding hydrogens is 561 g/mol. The Morgan fingerprint density at radius 1 is 0.488 bits per heavy atom. The molecular formula is C39H26NOPS. The zero-order chi connectivity index (χ0) is 28.8. The van der Waals surface area contributed by atoms with Gasteiger partial charge in [0.15, 0.2) is 7.14 Å². The molecule has 0 amide bonds. The fourth-order valence-electron chi connectivity index (χ4n) is 6.11. The van der Waals surface area contributed by atoms with Crippen LogP contribution in [0, 0.1) is 0 Å². The number of para-hydroxylation sites is 1. The highest BCUT2D eigenvalue weighted by Gasteiger charge is 2.29. The summed E-state index contributed by atoms with van der Waals surface area (Å²) in [6.07, 6.45) is 0. The van der Waals surface area contributed by atoms with Gasteiger partial charge in [-0.15, -0.1) is 11.3 Å². The Hall–Kier alpha value is -4.82. The Bertz CT molecular complexity index is 2250. The Kier molecular flexibility index (Phi) is 6.30.